The van der Waals surface area contributed by atoms with Crippen molar-refractivity contribution < 1.29 is 17.9 Å². The molecule has 0 saturated carbocycles. The van der Waals surface area contributed by atoms with Gasteiger partial charge < -0.3 is 9.47 Å². The number of para-hydroxylation sites is 2. The lowest BCUT2D eigenvalue weighted by molar-refractivity contribution is 0.320. The van der Waals surface area contributed by atoms with E-state index in [1.165, 1.54) is 12.1 Å². The van der Waals surface area contributed by atoms with Crippen LogP contribution in [0, 0.1) is 6.92 Å². The maximum absolute atomic E-state index is 12.4. The van der Waals surface area contributed by atoms with Crippen molar-refractivity contribution in [3.63, 3.8) is 0 Å². The third-order valence-corrected chi connectivity index (χ3v) is 5.34. The summed E-state index contributed by atoms with van der Waals surface area (Å²) in [5, 5.41) is 0. The molecule has 3 aromatic rings. The summed E-state index contributed by atoms with van der Waals surface area (Å²) in [6.45, 7) is 2.37. The largest absolute Gasteiger partial charge is 0.492 e. The quantitative estimate of drug-likeness (QED) is 0.594. The molecule has 27 heavy (non-hydrogen) atoms. The first kappa shape index (κ1) is 18.9. The van der Waals surface area contributed by atoms with Gasteiger partial charge in [0.2, 0.25) is 10.0 Å². The molecule has 0 fully saturated rings. The van der Waals surface area contributed by atoms with E-state index >= 15 is 0 Å². The topological polar surface area (TPSA) is 64.6 Å². The number of benzene rings is 3. The van der Waals surface area contributed by atoms with E-state index in [-0.39, 0.29) is 18.0 Å². The van der Waals surface area contributed by atoms with E-state index < -0.39 is 10.0 Å². The summed E-state index contributed by atoms with van der Waals surface area (Å²) in [5.41, 5.74) is 1.01. The highest BCUT2D eigenvalue weighted by Gasteiger charge is 2.13. The van der Waals surface area contributed by atoms with Crippen LogP contribution in [0.1, 0.15) is 5.56 Å². The molecular formula is C21H21NO4S. The fraction of sp³-hybridized carbons (Fsp3) is 0.143. The van der Waals surface area contributed by atoms with Crippen LogP contribution in [-0.2, 0) is 10.0 Å². The van der Waals surface area contributed by atoms with Gasteiger partial charge in [-0.1, -0.05) is 36.4 Å². The second-order valence-corrected chi connectivity index (χ2v) is 7.67. The van der Waals surface area contributed by atoms with Crippen LogP contribution < -0.4 is 14.2 Å². The van der Waals surface area contributed by atoms with Gasteiger partial charge in [0.15, 0.2) is 0 Å². The van der Waals surface area contributed by atoms with Crippen LogP contribution in [0.3, 0.4) is 0 Å². The Kier molecular flexibility index (Phi) is 6.11. The van der Waals surface area contributed by atoms with Crippen molar-refractivity contribution in [1.29, 1.82) is 0 Å². The summed E-state index contributed by atoms with van der Waals surface area (Å²) in [6.07, 6.45) is 0. The third kappa shape index (κ3) is 5.32. The van der Waals surface area contributed by atoms with Gasteiger partial charge in [0.05, 0.1) is 4.90 Å². The number of sulfonamides is 1. The minimum absolute atomic E-state index is 0.179. The van der Waals surface area contributed by atoms with Crippen molar-refractivity contribution in [2.45, 2.75) is 11.8 Å². The predicted octanol–water partition coefficient (Wildman–Crippen LogP) is 4.14. The SMILES string of the molecule is Cc1ccccc1OCCNS(=O)(=O)c1ccc(Oc2ccccc2)cc1. The first-order valence-corrected chi connectivity index (χ1v) is 10.0. The highest BCUT2D eigenvalue weighted by Crippen LogP contribution is 2.22. The average molecular weight is 383 g/mol. The molecule has 0 aliphatic heterocycles. The second-order valence-electron chi connectivity index (χ2n) is 5.90. The molecule has 140 valence electrons. The van der Waals surface area contributed by atoms with Crippen molar-refractivity contribution >= 4 is 10.0 Å². The van der Waals surface area contributed by atoms with Crippen LogP contribution in [0.25, 0.3) is 0 Å². The zero-order chi connectivity index (χ0) is 19.1. The Morgan fingerprint density at radius 3 is 2.15 bits per heavy atom. The highest BCUT2D eigenvalue weighted by molar-refractivity contribution is 7.89. The Balaban J connectivity index is 1.54. The van der Waals surface area contributed by atoms with Gasteiger partial charge in [-0.3, -0.25) is 0 Å². The average Bonchev–Trinajstić information content (AvgIpc) is 2.68. The smallest absolute Gasteiger partial charge is 0.240 e. The molecule has 3 aromatic carbocycles. The molecule has 0 atom stereocenters. The number of ether oxygens (including phenoxy) is 2. The molecule has 0 aromatic heterocycles. The normalized spacial score (nSPS) is 11.1. The van der Waals surface area contributed by atoms with Gasteiger partial charge in [-0.05, 0) is 55.0 Å². The first-order valence-electron chi connectivity index (χ1n) is 8.56. The Hall–Kier alpha value is -2.83. The maximum Gasteiger partial charge on any atom is 0.240 e. The lowest BCUT2D eigenvalue weighted by atomic mass is 10.2. The van der Waals surface area contributed by atoms with Crippen LogP contribution in [0.2, 0.25) is 0 Å². The lowest BCUT2D eigenvalue weighted by Crippen LogP contribution is -2.28. The van der Waals surface area contributed by atoms with Gasteiger partial charge in [-0.15, -0.1) is 0 Å². The number of nitrogens with one attached hydrogen (secondary N) is 1. The Bertz CT molecular complexity index is 971. The monoisotopic (exact) mass is 383 g/mol. The summed E-state index contributed by atoms with van der Waals surface area (Å²) in [5.74, 6) is 2.02. The van der Waals surface area contributed by atoms with Crippen LogP contribution in [-0.4, -0.2) is 21.6 Å². The van der Waals surface area contributed by atoms with Crippen LogP contribution in [0.5, 0.6) is 17.2 Å². The van der Waals surface area contributed by atoms with Crippen molar-refractivity contribution in [1.82, 2.24) is 4.72 Å². The maximum atomic E-state index is 12.4. The summed E-state index contributed by atoms with van der Waals surface area (Å²) in [6, 6.07) is 23.2. The van der Waals surface area contributed by atoms with E-state index in [4.69, 9.17) is 9.47 Å². The summed E-state index contributed by atoms with van der Waals surface area (Å²) in [4.78, 5) is 0.179. The molecule has 0 unspecified atom stereocenters. The molecule has 3 rings (SSSR count). The van der Waals surface area contributed by atoms with Crippen molar-refractivity contribution in [2.24, 2.45) is 0 Å². The summed E-state index contributed by atoms with van der Waals surface area (Å²) in [7, 11) is -3.60. The van der Waals surface area contributed by atoms with Crippen molar-refractivity contribution in [2.75, 3.05) is 13.2 Å². The fourth-order valence-electron chi connectivity index (χ4n) is 2.45. The number of rotatable bonds is 8. The minimum atomic E-state index is -3.60. The molecule has 0 amide bonds. The number of hydrogen-bond donors (Lipinski definition) is 1. The third-order valence-electron chi connectivity index (χ3n) is 3.86. The summed E-state index contributed by atoms with van der Waals surface area (Å²) >= 11 is 0. The zero-order valence-corrected chi connectivity index (χ0v) is 15.8. The summed E-state index contributed by atoms with van der Waals surface area (Å²) < 4.78 is 38.6. The number of hydrogen-bond acceptors (Lipinski definition) is 4. The van der Waals surface area contributed by atoms with Gasteiger partial charge >= 0.3 is 0 Å². The van der Waals surface area contributed by atoms with Gasteiger partial charge in [-0.25, -0.2) is 13.1 Å². The molecule has 6 heteroatoms. The van der Waals surface area contributed by atoms with E-state index in [2.05, 4.69) is 4.72 Å². The molecule has 0 radical (unpaired) electrons. The van der Waals surface area contributed by atoms with Gasteiger partial charge in [0.25, 0.3) is 0 Å². The predicted molar refractivity (Wildman–Crippen MR) is 105 cm³/mol. The Morgan fingerprint density at radius 2 is 1.44 bits per heavy atom. The lowest BCUT2D eigenvalue weighted by Gasteiger charge is -2.11. The first-order chi connectivity index (χ1) is 13.0. The Labute approximate surface area is 159 Å². The van der Waals surface area contributed by atoms with E-state index in [0.29, 0.717) is 11.5 Å². The molecule has 1 N–H and O–H groups in total. The molecule has 0 spiro atoms. The minimum Gasteiger partial charge on any atom is -0.492 e. The van der Waals surface area contributed by atoms with E-state index in [0.717, 1.165) is 11.3 Å². The van der Waals surface area contributed by atoms with E-state index in [1.807, 2.05) is 61.5 Å². The van der Waals surface area contributed by atoms with E-state index in [1.54, 1.807) is 12.1 Å². The molecule has 0 aliphatic rings. The van der Waals surface area contributed by atoms with Crippen molar-refractivity contribution in [3.8, 4) is 17.2 Å². The van der Waals surface area contributed by atoms with Crippen LogP contribution in [0.4, 0.5) is 0 Å². The van der Waals surface area contributed by atoms with Gasteiger partial charge in [0.1, 0.15) is 23.9 Å². The van der Waals surface area contributed by atoms with Gasteiger partial charge in [-0.2, -0.15) is 0 Å². The van der Waals surface area contributed by atoms with Crippen LogP contribution >= 0.6 is 0 Å². The molecule has 0 saturated heterocycles. The van der Waals surface area contributed by atoms with E-state index in [9.17, 15) is 8.42 Å². The number of aryl methyl sites for hydroxylation is 1. The molecule has 5 nitrogen and oxygen atoms in total. The Morgan fingerprint density at radius 1 is 0.815 bits per heavy atom. The van der Waals surface area contributed by atoms with Gasteiger partial charge in [0, 0.05) is 6.54 Å². The molecular weight excluding hydrogens is 362 g/mol. The molecule has 0 aliphatic carbocycles. The second kappa shape index (κ2) is 8.70. The zero-order valence-electron chi connectivity index (χ0n) is 15.0. The fourth-order valence-corrected chi connectivity index (χ4v) is 3.46. The molecule has 0 bridgehead atoms. The molecule has 0 heterocycles. The highest BCUT2D eigenvalue weighted by atomic mass is 32.2. The van der Waals surface area contributed by atoms with Crippen LogP contribution in [0.15, 0.2) is 83.8 Å². The standard InChI is InChI=1S/C21H21NO4S/c1-17-7-5-6-10-21(17)25-16-15-22-27(23,24)20-13-11-19(12-14-20)26-18-8-3-2-4-9-18/h2-14,22H,15-16H2,1H3. The van der Waals surface area contributed by atoms with Crippen molar-refractivity contribution in [3.05, 3.63) is 84.4 Å².